The fourth-order valence-corrected chi connectivity index (χ4v) is 3.58. The van der Waals surface area contributed by atoms with Gasteiger partial charge in [0.2, 0.25) is 0 Å². The molecule has 2 rings (SSSR count). The Morgan fingerprint density at radius 1 is 1.33 bits per heavy atom. The van der Waals surface area contributed by atoms with E-state index in [0.717, 1.165) is 12.8 Å². The van der Waals surface area contributed by atoms with E-state index in [2.05, 4.69) is 0 Å². The quantitative estimate of drug-likeness (QED) is 0.848. The Kier molecular flexibility index (Phi) is 6.46. The van der Waals surface area contributed by atoms with Crippen molar-refractivity contribution < 1.29 is 9.13 Å². The van der Waals surface area contributed by atoms with Crippen LogP contribution in [0.1, 0.15) is 44.6 Å². The second kappa shape index (κ2) is 8.11. The topological polar surface area (TPSA) is 35.2 Å². The molecule has 1 saturated carbocycles. The third kappa shape index (κ3) is 4.41. The lowest BCUT2D eigenvalue weighted by Crippen LogP contribution is -2.44. The van der Waals surface area contributed by atoms with Crippen molar-refractivity contribution >= 4 is 11.6 Å². The highest BCUT2D eigenvalue weighted by Crippen LogP contribution is 2.31. The minimum atomic E-state index is -0.281. The van der Waals surface area contributed by atoms with E-state index < -0.39 is 0 Å². The van der Waals surface area contributed by atoms with Crippen LogP contribution in [0.25, 0.3) is 0 Å². The lowest BCUT2D eigenvalue weighted by molar-refractivity contribution is -0.00924. The van der Waals surface area contributed by atoms with E-state index in [9.17, 15) is 4.39 Å². The molecule has 1 fully saturated rings. The predicted molar refractivity (Wildman–Crippen MR) is 85.1 cm³/mol. The van der Waals surface area contributed by atoms with Crippen LogP contribution in [0.15, 0.2) is 18.2 Å². The molecule has 0 heterocycles. The van der Waals surface area contributed by atoms with E-state index in [1.165, 1.54) is 25.3 Å². The molecule has 2 nitrogen and oxygen atoms in total. The molecule has 0 aliphatic heterocycles. The van der Waals surface area contributed by atoms with Crippen molar-refractivity contribution in [1.82, 2.24) is 0 Å². The molecular weight excluding hydrogens is 289 g/mol. The Hall–Kier alpha value is -0.640. The van der Waals surface area contributed by atoms with Crippen LogP contribution in [0.5, 0.6) is 0 Å². The van der Waals surface area contributed by atoms with Crippen LogP contribution >= 0.6 is 11.6 Å². The van der Waals surface area contributed by atoms with Gasteiger partial charge in [-0.1, -0.05) is 36.9 Å². The summed E-state index contributed by atoms with van der Waals surface area (Å²) in [6.45, 7) is 2.62. The summed E-state index contributed by atoms with van der Waals surface area (Å²) in [4.78, 5) is 0. The number of ether oxygens (including phenoxy) is 1. The van der Waals surface area contributed by atoms with Crippen LogP contribution in [0, 0.1) is 11.7 Å². The number of nitrogens with two attached hydrogens (primary N) is 1. The molecule has 0 aromatic heterocycles. The van der Waals surface area contributed by atoms with Gasteiger partial charge in [-0.3, -0.25) is 0 Å². The molecular formula is C17H25ClFNO. The van der Waals surface area contributed by atoms with Crippen LogP contribution in [0.2, 0.25) is 5.02 Å². The fraction of sp³-hybridized carbons (Fsp3) is 0.647. The zero-order chi connectivity index (χ0) is 15.2. The first kappa shape index (κ1) is 16.7. The molecule has 118 valence electrons. The average Bonchev–Trinajstić information content (AvgIpc) is 2.49. The van der Waals surface area contributed by atoms with Gasteiger partial charge >= 0.3 is 0 Å². The van der Waals surface area contributed by atoms with Gasteiger partial charge in [-0.05, 0) is 44.2 Å². The third-order valence-electron chi connectivity index (χ3n) is 4.40. The van der Waals surface area contributed by atoms with Gasteiger partial charge in [0.05, 0.1) is 6.10 Å². The fourth-order valence-electron chi connectivity index (χ4n) is 3.34. The number of hydrogen-bond acceptors (Lipinski definition) is 2. The van der Waals surface area contributed by atoms with Gasteiger partial charge in [-0.25, -0.2) is 4.39 Å². The molecule has 0 saturated heterocycles. The first-order valence-electron chi connectivity index (χ1n) is 7.93. The minimum Gasteiger partial charge on any atom is -0.377 e. The Labute approximate surface area is 131 Å². The average molecular weight is 314 g/mol. The van der Waals surface area contributed by atoms with Gasteiger partial charge in [0.25, 0.3) is 0 Å². The first-order valence-corrected chi connectivity index (χ1v) is 8.31. The Morgan fingerprint density at radius 3 is 2.67 bits per heavy atom. The van der Waals surface area contributed by atoms with Crippen LogP contribution in [-0.4, -0.2) is 18.8 Å². The highest BCUT2D eigenvalue weighted by molar-refractivity contribution is 6.31. The van der Waals surface area contributed by atoms with Crippen molar-refractivity contribution in [1.29, 1.82) is 0 Å². The Morgan fingerprint density at radius 2 is 2.05 bits per heavy atom. The number of hydrogen-bond donors (Lipinski definition) is 1. The predicted octanol–water partition coefficient (Wildman–Crippen LogP) is 4.33. The lowest BCUT2D eigenvalue weighted by atomic mass is 9.81. The van der Waals surface area contributed by atoms with Crippen molar-refractivity contribution in [2.24, 2.45) is 11.7 Å². The third-order valence-corrected chi connectivity index (χ3v) is 4.75. The van der Waals surface area contributed by atoms with Gasteiger partial charge in [0.1, 0.15) is 5.82 Å². The minimum absolute atomic E-state index is 0.00836. The molecule has 2 atom stereocenters. The highest BCUT2D eigenvalue weighted by Gasteiger charge is 2.30. The van der Waals surface area contributed by atoms with E-state index in [0.29, 0.717) is 29.5 Å². The molecule has 1 aromatic carbocycles. The maximum absolute atomic E-state index is 13.9. The van der Waals surface area contributed by atoms with Crippen LogP contribution < -0.4 is 5.73 Å². The highest BCUT2D eigenvalue weighted by atomic mass is 35.5. The van der Waals surface area contributed by atoms with Crippen LogP contribution in [-0.2, 0) is 11.2 Å². The maximum atomic E-state index is 13.9. The van der Waals surface area contributed by atoms with Crippen LogP contribution in [0.3, 0.4) is 0 Å². The van der Waals surface area contributed by atoms with E-state index in [1.807, 2.05) is 6.92 Å². The molecule has 4 heteroatoms. The van der Waals surface area contributed by atoms with Crippen molar-refractivity contribution in [2.75, 3.05) is 6.61 Å². The summed E-state index contributed by atoms with van der Waals surface area (Å²) in [6, 6.07) is 4.54. The van der Waals surface area contributed by atoms with E-state index in [1.54, 1.807) is 12.1 Å². The first-order chi connectivity index (χ1) is 10.1. The van der Waals surface area contributed by atoms with Gasteiger partial charge in [0.15, 0.2) is 0 Å². The molecule has 1 aliphatic carbocycles. The lowest BCUT2D eigenvalue weighted by Gasteiger charge is -2.34. The Bertz CT molecular complexity index is 428. The summed E-state index contributed by atoms with van der Waals surface area (Å²) in [5.41, 5.74) is 6.86. The van der Waals surface area contributed by atoms with E-state index in [-0.39, 0.29) is 18.0 Å². The van der Waals surface area contributed by atoms with E-state index in [4.69, 9.17) is 22.1 Å². The SMILES string of the molecule is CCOC(C(N)Cc1c(F)cccc1Cl)C1CCCCC1. The number of rotatable bonds is 6. The van der Waals surface area contributed by atoms with Crippen molar-refractivity contribution in [3.05, 3.63) is 34.6 Å². The molecule has 2 N–H and O–H groups in total. The molecule has 0 spiro atoms. The summed E-state index contributed by atoms with van der Waals surface area (Å²) in [7, 11) is 0. The molecule has 0 amide bonds. The maximum Gasteiger partial charge on any atom is 0.127 e. The largest absolute Gasteiger partial charge is 0.377 e. The van der Waals surface area contributed by atoms with Crippen LogP contribution in [0.4, 0.5) is 4.39 Å². The number of halogens is 2. The molecule has 0 bridgehead atoms. The summed E-state index contributed by atoms with van der Waals surface area (Å²) in [6.07, 6.45) is 6.50. The standard InChI is InChI=1S/C17H25ClFNO/c1-2-21-17(12-7-4-3-5-8-12)16(20)11-13-14(18)9-6-10-15(13)19/h6,9-10,12,16-17H,2-5,7-8,11,20H2,1H3. The van der Waals surface area contributed by atoms with Gasteiger partial charge in [0, 0.05) is 23.2 Å². The zero-order valence-corrected chi connectivity index (χ0v) is 13.4. The summed E-state index contributed by atoms with van der Waals surface area (Å²) in [5, 5.41) is 0.448. The summed E-state index contributed by atoms with van der Waals surface area (Å²) >= 11 is 6.10. The molecule has 1 aromatic rings. The molecule has 1 aliphatic rings. The molecule has 0 radical (unpaired) electrons. The number of benzene rings is 1. The Balaban J connectivity index is 2.09. The van der Waals surface area contributed by atoms with Crippen molar-refractivity contribution in [2.45, 2.75) is 57.6 Å². The monoisotopic (exact) mass is 313 g/mol. The van der Waals surface area contributed by atoms with Crippen molar-refractivity contribution in [3.63, 3.8) is 0 Å². The second-order valence-electron chi connectivity index (χ2n) is 5.89. The normalized spacial score (nSPS) is 19.4. The van der Waals surface area contributed by atoms with Gasteiger partial charge in [-0.15, -0.1) is 0 Å². The van der Waals surface area contributed by atoms with Crippen molar-refractivity contribution in [3.8, 4) is 0 Å². The zero-order valence-electron chi connectivity index (χ0n) is 12.7. The smallest absolute Gasteiger partial charge is 0.127 e. The summed E-state index contributed by atoms with van der Waals surface area (Å²) in [5.74, 6) is 0.205. The molecule has 21 heavy (non-hydrogen) atoms. The summed E-state index contributed by atoms with van der Waals surface area (Å²) < 4.78 is 19.8. The molecule has 2 unspecified atom stereocenters. The van der Waals surface area contributed by atoms with E-state index >= 15 is 0 Å². The second-order valence-corrected chi connectivity index (χ2v) is 6.29. The van der Waals surface area contributed by atoms with Gasteiger partial charge in [-0.2, -0.15) is 0 Å². The van der Waals surface area contributed by atoms with Gasteiger partial charge < -0.3 is 10.5 Å².